The Kier molecular flexibility index (Phi) is 3.09. The van der Waals surface area contributed by atoms with Crippen molar-refractivity contribution >= 4 is 5.97 Å². The molecule has 3 nitrogen and oxygen atoms in total. The minimum Gasteiger partial charge on any atom is -0.430 e. The molecule has 0 saturated heterocycles. The Bertz CT molecular complexity index is 138. The van der Waals surface area contributed by atoms with E-state index in [1.807, 2.05) is 0 Å². The van der Waals surface area contributed by atoms with Crippen LogP contribution >= 0.6 is 0 Å². The number of rotatable bonds is 3. The van der Waals surface area contributed by atoms with Crippen molar-refractivity contribution in [3.05, 3.63) is 12.7 Å². The van der Waals surface area contributed by atoms with E-state index >= 15 is 0 Å². The molecule has 0 aromatic heterocycles. The number of hydrogen-bond donors (Lipinski definition) is 1. The van der Waals surface area contributed by atoms with Gasteiger partial charge >= 0.3 is 5.97 Å². The fourth-order valence-corrected chi connectivity index (χ4v) is 0.331. The zero-order valence-electron chi connectivity index (χ0n) is 6.26. The molecule has 0 fully saturated rings. The molecule has 0 aliphatic heterocycles. The van der Waals surface area contributed by atoms with Crippen LogP contribution in [0.15, 0.2) is 12.7 Å². The predicted octanol–water partition coefficient (Wildman–Crippen LogP) is 0.834. The van der Waals surface area contributed by atoms with Gasteiger partial charge in [-0.2, -0.15) is 0 Å². The minimum absolute atomic E-state index is 0.368. The van der Waals surface area contributed by atoms with Crippen molar-refractivity contribution in [1.29, 1.82) is 0 Å². The number of esters is 1. The number of aliphatic hydroxyl groups is 1. The van der Waals surface area contributed by atoms with Crippen LogP contribution in [0.25, 0.3) is 0 Å². The summed E-state index contributed by atoms with van der Waals surface area (Å²) in [6.07, 6.45) is 1.39. The largest absolute Gasteiger partial charge is 0.430 e. The molecule has 0 heterocycles. The molecular formula is C7H12O3. The van der Waals surface area contributed by atoms with Crippen molar-refractivity contribution in [2.75, 3.05) is 0 Å². The molecule has 0 aromatic rings. The number of carbonyl (C=O) groups is 1. The maximum Gasteiger partial charge on any atom is 0.332 e. The highest BCUT2D eigenvalue weighted by Crippen LogP contribution is 2.09. The van der Waals surface area contributed by atoms with Gasteiger partial charge in [0, 0.05) is 19.4 Å². The summed E-state index contributed by atoms with van der Waals surface area (Å²) in [7, 11) is 0. The van der Waals surface area contributed by atoms with Crippen molar-refractivity contribution in [3.8, 4) is 0 Å². The van der Waals surface area contributed by atoms with Crippen LogP contribution in [-0.4, -0.2) is 16.9 Å². The van der Waals surface area contributed by atoms with E-state index < -0.39 is 11.8 Å². The summed E-state index contributed by atoms with van der Waals surface area (Å²) in [4.78, 5) is 10.5. The number of ether oxygens (including phenoxy) is 1. The molecule has 1 unspecified atom stereocenters. The van der Waals surface area contributed by atoms with E-state index in [0.717, 1.165) is 6.08 Å². The van der Waals surface area contributed by atoms with Crippen molar-refractivity contribution in [1.82, 2.24) is 0 Å². The van der Waals surface area contributed by atoms with E-state index in [-0.39, 0.29) is 0 Å². The maximum atomic E-state index is 10.5. The summed E-state index contributed by atoms with van der Waals surface area (Å²) in [6.45, 7) is 6.34. The summed E-state index contributed by atoms with van der Waals surface area (Å²) in [5, 5.41) is 9.13. The summed E-state index contributed by atoms with van der Waals surface area (Å²) in [5.74, 6) is -1.96. The Morgan fingerprint density at radius 2 is 2.40 bits per heavy atom. The molecule has 3 heteroatoms. The van der Waals surface area contributed by atoms with Gasteiger partial charge in [-0.05, 0) is 0 Å². The Hall–Kier alpha value is -0.830. The third kappa shape index (κ3) is 3.25. The summed E-state index contributed by atoms with van der Waals surface area (Å²) in [5.41, 5.74) is 0. The van der Waals surface area contributed by atoms with Crippen LogP contribution in [0.3, 0.4) is 0 Å². The molecule has 0 radical (unpaired) electrons. The molecule has 1 atom stereocenters. The summed E-state index contributed by atoms with van der Waals surface area (Å²) < 4.78 is 4.53. The molecule has 0 saturated carbocycles. The van der Waals surface area contributed by atoms with Gasteiger partial charge in [-0.15, -0.1) is 0 Å². The average Bonchev–Trinajstić information content (AvgIpc) is 1.87. The molecule has 0 spiro atoms. The van der Waals surface area contributed by atoms with Crippen molar-refractivity contribution in [2.45, 2.75) is 26.1 Å². The number of carbonyl (C=O) groups excluding carboxylic acids is 1. The van der Waals surface area contributed by atoms with E-state index in [4.69, 9.17) is 5.11 Å². The molecule has 0 aromatic carbocycles. The van der Waals surface area contributed by atoms with E-state index in [9.17, 15) is 4.79 Å². The molecule has 1 N–H and O–H groups in total. The molecule has 0 aliphatic rings. The van der Waals surface area contributed by atoms with Crippen LogP contribution in [0.1, 0.15) is 20.3 Å². The molecular weight excluding hydrogens is 132 g/mol. The Morgan fingerprint density at radius 1 is 1.90 bits per heavy atom. The summed E-state index contributed by atoms with van der Waals surface area (Å²) in [6, 6.07) is 0. The second-order valence-electron chi connectivity index (χ2n) is 2.15. The maximum absolute atomic E-state index is 10.5. The molecule has 58 valence electrons. The molecule has 10 heavy (non-hydrogen) atoms. The first-order valence-corrected chi connectivity index (χ1v) is 3.09. The van der Waals surface area contributed by atoms with E-state index in [1.165, 1.54) is 6.92 Å². The lowest BCUT2D eigenvalue weighted by Crippen LogP contribution is -2.29. The monoisotopic (exact) mass is 144 g/mol. The van der Waals surface area contributed by atoms with Crippen LogP contribution in [0.2, 0.25) is 0 Å². The van der Waals surface area contributed by atoms with Gasteiger partial charge in [-0.3, -0.25) is 0 Å². The van der Waals surface area contributed by atoms with Crippen LogP contribution in [0.5, 0.6) is 0 Å². The van der Waals surface area contributed by atoms with Crippen molar-refractivity contribution in [3.63, 3.8) is 0 Å². The lowest BCUT2D eigenvalue weighted by Gasteiger charge is -2.20. The standard InChI is InChI=1S/C7H12O3/c1-4-6(8)10-7(3,9)5-2/h4,9H,1,5H2,2-3H3. The predicted molar refractivity (Wildman–Crippen MR) is 37.2 cm³/mol. The fourth-order valence-electron chi connectivity index (χ4n) is 0.331. The van der Waals surface area contributed by atoms with Crippen LogP contribution in [0.4, 0.5) is 0 Å². The fraction of sp³-hybridized carbons (Fsp3) is 0.571. The van der Waals surface area contributed by atoms with Gasteiger partial charge in [-0.25, -0.2) is 4.79 Å². The lowest BCUT2D eigenvalue weighted by atomic mass is 10.2. The molecule has 0 amide bonds. The highest BCUT2D eigenvalue weighted by Gasteiger charge is 2.20. The quantitative estimate of drug-likeness (QED) is 0.362. The van der Waals surface area contributed by atoms with E-state index in [2.05, 4.69) is 11.3 Å². The first kappa shape index (κ1) is 9.17. The number of hydrogen-bond acceptors (Lipinski definition) is 3. The average molecular weight is 144 g/mol. The zero-order chi connectivity index (χ0) is 8.20. The Balaban J connectivity index is 3.87. The second kappa shape index (κ2) is 3.37. The first-order chi connectivity index (χ1) is 4.52. The van der Waals surface area contributed by atoms with Gasteiger partial charge in [0.1, 0.15) is 0 Å². The van der Waals surface area contributed by atoms with Gasteiger partial charge in [-0.1, -0.05) is 13.5 Å². The topological polar surface area (TPSA) is 46.5 Å². The normalized spacial score (nSPS) is 15.5. The minimum atomic E-state index is -1.36. The molecule has 0 aliphatic carbocycles. The van der Waals surface area contributed by atoms with E-state index in [0.29, 0.717) is 6.42 Å². The van der Waals surface area contributed by atoms with Gasteiger partial charge in [0.15, 0.2) is 0 Å². The highest BCUT2D eigenvalue weighted by molar-refractivity contribution is 5.81. The lowest BCUT2D eigenvalue weighted by molar-refractivity contribution is -0.197. The SMILES string of the molecule is C=CC(=O)OC(C)(O)CC. The van der Waals surface area contributed by atoms with E-state index in [1.54, 1.807) is 6.92 Å². The highest BCUT2D eigenvalue weighted by atomic mass is 16.7. The van der Waals surface area contributed by atoms with Crippen LogP contribution < -0.4 is 0 Å². The van der Waals surface area contributed by atoms with Crippen molar-refractivity contribution in [2.24, 2.45) is 0 Å². The molecule has 0 rings (SSSR count). The third-order valence-corrected chi connectivity index (χ3v) is 1.14. The second-order valence-corrected chi connectivity index (χ2v) is 2.15. The molecule has 0 bridgehead atoms. The smallest absolute Gasteiger partial charge is 0.332 e. The Morgan fingerprint density at radius 3 is 2.70 bits per heavy atom. The zero-order valence-corrected chi connectivity index (χ0v) is 6.26. The van der Waals surface area contributed by atoms with Gasteiger partial charge < -0.3 is 9.84 Å². The Labute approximate surface area is 60.3 Å². The van der Waals surface area contributed by atoms with Crippen LogP contribution in [0, 0.1) is 0 Å². The van der Waals surface area contributed by atoms with Crippen molar-refractivity contribution < 1.29 is 14.6 Å². The van der Waals surface area contributed by atoms with Gasteiger partial charge in [0.25, 0.3) is 0 Å². The third-order valence-electron chi connectivity index (χ3n) is 1.14. The van der Waals surface area contributed by atoms with Gasteiger partial charge in [0.05, 0.1) is 0 Å². The van der Waals surface area contributed by atoms with Crippen LogP contribution in [-0.2, 0) is 9.53 Å². The first-order valence-electron chi connectivity index (χ1n) is 3.09. The van der Waals surface area contributed by atoms with Gasteiger partial charge in [0.2, 0.25) is 5.79 Å². The summed E-state index contributed by atoms with van der Waals surface area (Å²) >= 11 is 0.